The van der Waals surface area contributed by atoms with Gasteiger partial charge in [0.15, 0.2) is 0 Å². The molecule has 3 rings (SSSR count). The first-order valence-electron chi connectivity index (χ1n) is 5.02. The Hall–Kier alpha value is -1.66. The normalized spacial score (nSPS) is 10.9. The smallest absolute Gasteiger partial charge is 0.130 e. The topological polar surface area (TPSA) is 56.7 Å². The molecule has 0 spiro atoms. The zero-order chi connectivity index (χ0) is 11.8. The van der Waals surface area contributed by atoms with Gasteiger partial charge in [-0.2, -0.15) is 5.10 Å². The van der Waals surface area contributed by atoms with Gasteiger partial charge in [-0.3, -0.25) is 9.67 Å². The van der Waals surface area contributed by atoms with Crippen LogP contribution in [0.4, 0.5) is 5.82 Å². The summed E-state index contributed by atoms with van der Waals surface area (Å²) in [5.41, 5.74) is 9.81. The molecular weight excluding hydrogens is 252 g/mol. The van der Waals surface area contributed by atoms with Crippen molar-refractivity contribution in [1.29, 1.82) is 0 Å². The van der Waals surface area contributed by atoms with E-state index in [0.29, 0.717) is 5.82 Å². The lowest BCUT2D eigenvalue weighted by Crippen LogP contribution is -1.97. The lowest BCUT2D eigenvalue weighted by atomic mass is 10.2. The molecule has 0 amide bonds. The number of thiophene rings is 1. The summed E-state index contributed by atoms with van der Waals surface area (Å²) in [5, 5.41) is 6.52. The van der Waals surface area contributed by atoms with Crippen LogP contribution in [0.2, 0.25) is 0 Å². The second kappa shape index (κ2) is 3.97. The van der Waals surface area contributed by atoms with Gasteiger partial charge < -0.3 is 5.73 Å². The molecule has 0 atom stereocenters. The number of hydrogen-bond donors (Lipinski definition) is 1. The number of nitrogens with zero attached hydrogens (tertiary/aromatic N) is 3. The van der Waals surface area contributed by atoms with Crippen molar-refractivity contribution >= 4 is 28.5 Å². The Labute approximate surface area is 106 Å². The van der Waals surface area contributed by atoms with Gasteiger partial charge in [0.05, 0.1) is 16.0 Å². The highest BCUT2D eigenvalue weighted by Crippen LogP contribution is 2.39. The predicted octanol–water partition coefficient (Wildman–Crippen LogP) is 2.85. The molecule has 0 aliphatic rings. The number of thiazole rings is 1. The van der Waals surface area contributed by atoms with Crippen molar-refractivity contribution in [3.63, 3.8) is 0 Å². The van der Waals surface area contributed by atoms with Crippen LogP contribution in [0, 0.1) is 0 Å². The van der Waals surface area contributed by atoms with E-state index in [1.807, 2.05) is 24.7 Å². The van der Waals surface area contributed by atoms with E-state index in [0.717, 1.165) is 21.0 Å². The molecule has 0 aliphatic carbocycles. The molecule has 3 heterocycles. The van der Waals surface area contributed by atoms with Gasteiger partial charge in [-0.1, -0.05) is 6.07 Å². The largest absolute Gasteiger partial charge is 0.383 e. The maximum atomic E-state index is 6.09. The molecule has 0 saturated heterocycles. The Bertz CT molecular complexity index is 623. The van der Waals surface area contributed by atoms with Gasteiger partial charge in [0, 0.05) is 18.1 Å². The van der Waals surface area contributed by atoms with Crippen molar-refractivity contribution in [2.24, 2.45) is 7.05 Å². The van der Waals surface area contributed by atoms with Gasteiger partial charge in [-0.05, 0) is 11.4 Å². The summed E-state index contributed by atoms with van der Waals surface area (Å²) < 4.78 is 1.71. The molecule has 0 fully saturated rings. The molecule has 2 N–H and O–H groups in total. The van der Waals surface area contributed by atoms with E-state index in [2.05, 4.69) is 16.1 Å². The summed E-state index contributed by atoms with van der Waals surface area (Å²) in [4.78, 5) is 6.27. The van der Waals surface area contributed by atoms with Crippen molar-refractivity contribution in [3.05, 3.63) is 29.2 Å². The molecule has 86 valence electrons. The fraction of sp³-hybridized carbons (Fsp3) is 0.0909. The maximum Gasteiger partial charge on any atom is 0.130 e. The second-order valence-corrected chi connectivity index (χ2v) is 5.41. The van der Waals surface area contributed by atoms with Gasteiger partial charge in [0.1, 0.15) is 11.5 Å². The molecular formula is C11H10N4S2. The van der Waals surface area contributed by atoms with E-state index in [9.17, 15) is 0 Å². The van der Waals surface area contributed by atoms with Crippen LogP contribution in [0.5, 0.6) is 0 Å². The molecule has 3 aromatic heterocycles. The molecule has 4 nitrogen and oxygen atoms in total. The summed E-state index contributed by atoms with van der Waals surface area (Å²) in [7, 11) is 1.86. The predicted molar refractivity (Wildman–Crippen MR) is 72.0 cm³/mol. The molecule has 6 heteroatoms. The maximum absolute atomic E-state index is 6.09. The third-order valence-electron chi connectivity index (χ3n) is 2.52. The highest BCUT2D eigenvalue weighted by atomic mass is 32.1. The van der Waals surface area contributed by atoms with Crippen LogP contribution in [-0.2, 0) is 7.05 Å². The van der Waals surface area contributed by atoms with Gasteiger partial charge >= 0.3 is 0 Å². The Balaban J connectivity index is 2.26. The van der Waals surface area contributed by atoms with Gasteiger partial charge in [-0.15, -0.1) is 22.7 Å². The number of aryl methyl sites for hydroxylation is 1. The van der Waals surface area contributed by atoms with Crippen LogP contribution in [0.1, 0.15) is 0 Å². The minimum atomic E-state index is 0.691. The van der Waals surface area contributed by atoms with Crippen LogP contribution in [0.3, 0.4) is 0 Å². The van der Waals surface area contributed by atoms with E-state index >= 15 is 0 Å². The highest BCUT2D eigenvalue weighted by molar-refractivity contribution is 7.14. The third kappa shape index (κ3) is 1.65. The van der Waals surface area contributed by atoms with Crippen molar-refractivity contribution in [2.45, 2.75) is 0 Å². The lowest BCUT2D eigenvalue weighted by molar-refractivity contribution is 0.783. The first-order chi connectivity index (χ1) is 8.27. The summed E-state index contributed by atoms with van der Waals surface area (Å²) in [6.07, 6.45) is 1.82. The highest BCUT2D eigenvalue weighted by Gasteiger charge is 2.18. The van der Waals surface area contributed by atoms with Crippen molar-refractivity contribution in [2.75, 3.05) is 5.73 Å². The lowest BCUT2D eigenvalue weighted by Gasteiger charge is -1.98. The summed E-state index contributed by atoms with van der Waals surface area (Å²) in [6, 6.07) is 4.07. The van der Waals surface area contributed by atoms with Crippen LogP contribution >= 0.6 is 22.7 Å². The monoisotopic (exact) mass is 262 g/mol. The second-order valence-electron chi connectivity index (χ2n) is 3.58. The fourth-order valence-electron chi connectivity index (χ4n) is 1.71. The summed E-state index contributed by atoms with van der Waals surface area (Å²) >= 11 is 3.24. The minimum absolute atomic E-state index is 0.691. The van der Waals surface area contributed by atoms with Crippen LogP contribution in [-0.4, -0.2) is 14.8 Å². The number of rotatable bonds is 2. The Morgan fingerprint density at radius 3 is 2.82 bits per heavy atom. The van der Waals surface area contributed by atoms with Gasteiger partial charge in [0.2, 0.25) is 0 Å². The van der Waals surface area contributed by atoms with E-state index in [-0.39, 0.29) is 0 Å². The molecule has 0 radical (unpaired) electrons. The van der Waals surface area contributed by atoms with Crippen molar-refractivity contribution in [3.8, 4) is 21.0 Å². The van der Waals surface area contributed by atoms with E-state index in [4.69, 9.17) is 5.73 Å². The van der Waals surface area contributed by atoms with Gasteiger partial charge in [-0.25, -0.2) is 0 Å². The minimum Gasteiger partial charge on any atom is -0.383 e. The van der Waals surface area contributed by atoms with E-state index in [1.54, 1.807) is 32.9 Å². The number of aromatic nitrogens is 3. The zero-order valence-corrected chi connectivity index (χ0v) is 10.8. The molecule has 0 aromatic carbocycles. The van der Waals surface area contributed by atoms with E-state index < -0.39 is 0 Å². The number of nitrogen functional groups attached to an aromatic ring is 1. The molecule has 0 bridgehead atoms. The Kier molecular flexibility index (Phi) is 2.45. The summed E-state index contributed by atoms with van der Waals surface area (Å²) in [5.74, 6) is 0.691. The standard InChI is InChI=1S/C11H10N4S2/c1-15-11(12)9(7-3-2-4-16-7)10(14-15)8-5-13-6-17-8/h2-6H,12H2,1H3. The molecule has 3 aromatic rings. The quantitative estimate of drug-likeness (QED) is 0.772. The third-order valence-corrected chi connectivity index (χ3v) is 4.19. The number of hydrogen-bond acceptors (Lipinski definition) is 5. The SMILES string of the molecule is Cn1nc(-c2cncs2)c(-c2cccs2)c1N. The molecule has 0 aliphatic heterocycles. The number of nitrogens with two attached hydrogens (primary N) is 1. The van der Waals surface area contributed by atoms with Gasteiger partial charge in [0.25, 0.3) is 0 Å². The molecule has 0 unspecified atom stereocenters. The van der Waals surface area contributed by atoms with Crippen molar-refractivity contribution < 1.29 is 0 Å². The van der Waals surface area contributed by atoms with Crippen LogP contribution in [0.15, 0.2) is 29.2 Å². The van der Waals surface area contributed by atoms with Crippen LogP contribution in [0.25, 0.3) is 21.0 Å². The first-order valence-corrected chi connectivity index (χ1v) is 6.78. The number of anilines is 1. The average molecular weight is 262 g/mol. The zero-order valence-electron chi connectivity index (χ0n) is 9.12. The van der Waals surface area contributed by atoms with E-state index in [1.165, 1.54) is 0 Å². The molecule has 0 saturated carbocycles. The molecule has 17 heavy (non-hydrogen) atoms. The van der Waals surface area contributed by atoms with Crippen molar-refractivity contribution in [1.82, 2.24) is 14.8 Å². The van der Waals surface area contributed by atoms with Crippen LogP contribution < -0.4 is 5.73 Å². The fourth-order valence-corrected chi connectivity index (χ4v) is 3.10. The average Bonchev–Trinajstić information content (AvgIpc) is 3.01. The Morgan fingerprint density at radius 2 is 2.18 bits per heavy atom. The Morgan fingerprint density at radius 1 is 1.29 bits per heavy atom. The summed E-state index contributed by atoms with van der Waals surface area (Å²) in [6.45, 7) is 0. The first kappa shape index (κ1) is 10.5.